The number of carbonyl (C=O) groups is 1. The summed E-state index contributed by atoms with van der Waals surface area (Å²) in [5.41, 5.74) is -1.11. The van der Waals surface area contributed by atoms with Crippen molar-refractivity contribution in [2.45, 2.75) is 37.5 Å². The summed E-state index contributed by atoms with van der Waals surface area (Å²) < 4.78 is 31.5. The average molecular weight is 449 g/mol. The van der Waals surface area contributed by atoms with Crippen molar-refractivity contribution >= 4 is 29.1 Å². The maximum Gasteiger partial charge on any atom is 0.251 e. The van der Waals surface area contributed by atoms with Crippen molar-refractivity contribution < 1.29 is 23.4 Å². The van der Waals surface area contributed by atoms with Gasteiger partial charge in [0.15, 0.2) is 12.6 Å². The Morgan fingerprint density at radius 2 is 1.90 bits per heavy atom. The number of amides is 1. The minimum absolute atomic E-state index is 0.0389. The summed E-state index contributed by atoms with van der Waals surface area (Å²) in [5, 5.41) is 3.41. The molecule has 162 valence electrons. The lowest BCUT2D eigenvalue weighted by Gasteiger charge is -2.37. The summed E-state index contributed by atoms with van der Waals surface area (Å²) >= 11 is 11.9. The van der Waals surface area contributed by atoms with Crippen LogP contribution in [0.5, 0.6) is 0 Å². The number of alkyl halides is 1. The predicted octanol–water partition coefficient (Wildman–Crippen LogP) is 3.51. The molecule has 0 saturated carbocycles. The lowest BCUT2D eigenvalue weighted by molar-refractivity contribution is -0.194. The molecule has 1 aromatic carbocycles. The topological polar surface area (TPSA) is 60.0 Å². The SMILES string of the molecule is COC1CC(CN2CCC(F)(CNC(=O)c3cc(Cl)cc(Cl)c3)CC2)C(OC)O1. The van der Waals surface area contributed by atoms with E-state index in [2.05, 4.69) is 10.2 Å². The molecule has 0 radical (unpaired) electrons. The van der Waals surface area contributed by atoms with Gasteiger partial charge >= 0.3 is 0 Å². The molecule has 1 amide bonds. The molecule has 0 bridgehead atoms. The van der Waals surface area contributed by atoms with Gasteiger partial charge < -0.3 is 24.4 Å². The maximum absolute atomic E-state index is 15.2. The molecule has 29 heavy (non-hydrogen) atoms. The highest BCUT2D eigenvalue weighted by molar-refractivity contribution is 6.35. The molecule has 1 aromatic rings. The van der Waals surface area contributed by atoms with Crippen LogP contribution in [0.4, 0.5) is 4.39 Å². The first-order valence-corrected chi connectivity index (χ1v) is 10.4. The van der Waals surface area contributed by atoms with Crippen LogP contribution in [-0.2, 0) is 14.2 Å². The molecule has 3 unspecified atom stereocenters. The monoisotopic (exact) mass is 448 g/mol. The number of nitrogens with one attached hydrogen (secondary N) is 1. The summed E-state index contributed by atoms with van der Waals surface area (Å²) in [7, 11) is 3.23. The van der Waals surface area contributed by atoms with Gasteiger partial charge in [-0.3, -0.25) is 4.79 Å². The van der Waals surface area contributed by atoms with E-state index in [-0.39, 0.29) is 30.9 Å². The highest BCUT2D eigenvalue weighted by Gasteiger charge is 2.39. The fraction of sp³-hybridized carbons (Fsp3) is 0.650. The first-order chi connectivity index (χ1) is 13.8. The second-order valence-corrected chi connectivity index (χ2v) is 8.57. The molecule has 0 aromatic heterocycles. The molecule has 0 spiro atoms. The van der Waals surface area contributed by atoms with Gasteiger partial charge in [0.05, 0.1) is 6.54 Å². The third kappa shape index (κ3) is 6.03. The Hall–Kier alpha value is -0.960. The van der Waals surface area contributed by atoms with Gasteiger partial charge in [0.2, 0.25) is 0 Å². The number of hydrogen-bond donors (Lipinski definition) is 1. The molecule has 6 nitrogen and oxygen atoms in total. The summed E-state index contributed by atoms with van der Waals surface area (Å²) in [6.07, 6.45) is 0.890. The Morgan fingerprint density at radius 3 is 2.48 bits per heavy atom. The summed E-state index contributed by atoms with van der Waals surface area (Å²) in [6.45, 7) is 1.95. The van der Waals surface area contributed by atoms with Crippen LogP contribution in [0.3, 0.4) is 0 Å². The zero-order valence-corrected chi connectivity index (χ0v) is 18.1. The molecule has 2 heterocycles. The number of methoxy groups -OCH3 is 2. The Bertz CT molecular complexity index is 695. The second-order valence-electron chi connectivity index (χ2n) is 7.69. The first-order valence-electron chi connectivity index (χ1n) is 9.68. The van der Waals surface area contributed by atoms with Gasteiger partial charge in [0, 0.05) is 61.8 Å². The zero-order chi connectivity index (χ0) is 21.0. The summed E-state index contributed by atoms with van der Waals surface area (Å²) in [6, 6.07) is 4.57. The average Bonchev–Trinajstić information content (AvgIpc) is 3.09. The van der Waals surface area contributed by atoms with Crippen LogP contribution >= 0.6 is 23.2 Å². The van der Waals surface area contributed by atoms with Crippen LogP contribution in [-0.4, -0.2) is 69.5 Å². The number of ether oxygens (including phenoxy) is 3. The van der Waals surface area contributed by atoms with Crippen molar-refractivity contribution in [3.8, 4) is 0 Å². The number of halogens is 3. The molecule has 3 atom stereocenters. The molecule has 1 N–H and O–H groups in total. The quantitative estimate of drug-likeness (QED) is 0.691. The fourth-order valence-electron chi connectivity index (χ4n) is 3.91. The molecule has 2 saturated heterocycles. The smallest absolute Gasteiger partial charge is 0.251 e. The molecule has 2 aliphatic rings. The second kappa shape index (κ2) is 9.90. The van der Waals surface area contributed by atoms with E-state index in [9.17, 15) is 4.79 Å². The number of carbonyl (C=O) groups excluding carboxylic acids is 1. The number of rotatable bonds is 7. The zero-order valence-electron chi connectivity index (χ0n) is 16.6. The molecule has 0 aliphatic carbocycles. The van der Waals surface area contributed by atoms with Crippen molar-refractivity contribution in [2.75, 3.05) is 40.4 Å². The number of piperidine rings is 1. The molecule has 3 rings (SSSR count). The van der Waals surface area contributed by atoms with Crippen LogP contribution < -0.4 is 5.32 Å². The van der Waals surface area contributed by atoms with Crippen LogP contribution in [0.2, 0.25) is 10.0 Å². The molecule has 2 aliphatic heterocycles. The summed E-state index contributed by atoms with van der Waals surface area (Å²) in [5.74, 6) is -0.199. The van der Waals surface area contributed by atoms with Crippen molar-refractivity contribution in [1.29, 1.82) is 0 Å². The van der Waals surface area contributed by atoms with Gasteiger partial charge in [-0.2, -0.15) is 0 Å². The van der Waals surface area contributed by atoms with E-state index in [4.69, 9.17) is 37.4 Å². The highest BCUT2D eigenvalue weighted by atomic mass is 35.5. The van der Waals surface area contributed by atoms with E-state index in [0.29, 0.717) is 41.5 Å². The van der Waals surface area contributed by atoms with E-state index >= 15 is 4.39 Å². The van der Waals surface area contributed by atoms with Crippen molar-refractivity contribution in [2.24, 2.45) is 5.92 Å². The minimum Gasteiger partial charge on any atom is -0.356 e. The van der Waals surface area contributed by atoms with Gasteiger partial charge in [-0.05, 0) is 31.0 Å². The van der Waals surface area contributed by atoms with Crippen LogP contribution in [0, 0.1) is 5.92 Å². The van der Waals surface area contributed by atoms with Gasteiger partial charge in [0.25, 0.3) is 5.91 Å². The first kappa shape index (κ1) is 22.7. The van der Waals surface area contributed by atoms with Crippen molar-refractivity contribution in [1.82, 2.24) is 10.2 Å². The Balaban J connectivity index is 1.47. The summed E-state index contributed by atoms with van der Waals surface area (Å²) in [4.78, 5) is 14.5. The molecular formula is C20H27Cl2FN2O4. The van der Waals surface area contributed by atoms with E-state index in [1.165, 1.54) is 12.1 Å². The van der Waals surface area contributed by atoms with Crippen molar-refractivity contribution in [3.05, 3.63) is 33.8 Å². The number of benzene rings is 1. The third-order valence-corrected chi connectivity index (χ3v) is 6.03. The van der Waals surface area contributed by atoms with Gasteiger partial charge in [0.1, 0.15) is 5.67 Å². The van der Waals surface area contributed by atoms with E-state index < -0.39 is 5.67 Å². The Labute approximate surface area is 180 Å². The van der Waals surface area contributed by atoms with Gasteiger partial charge in [-0.25, -0.2) is 4.39 Å². The van der Waals surface area contributed by atoms with E-state index in [0.717, 1.165) is 13.0 Å². The highest BCUT2D eigenvalue weighted by Crippen LogP contribution is 2.31. The number of likely N-dealkylation sites (tertiary alicyclic amines) is 1. The molecule has 9 heteroatoms. The number of nitrogens with zero attached hydrogens (tertiary/aromatic N) is 1. The Morgan fingerprint density at radius 1 is 1.24 bits per heavy atom. The largest absolute Gasteiger partial charge is 0.356 e. The van der Waals surface area contributed by atoms with Crippen LogP contribution in [0.25, 0.3) is 0 Å². The van der Waals surface area contributed by atoms with E-state index in [1.807, 2.05) is 0 Å². The van der Waals surface area contributed by atoms with Gasteiger partial charge in [-0.1, -0.05) is 23.2 Å². The maximum atomic E-state index is 15.2. The fourth-order valence-corrected chi connectivity index (χ4v) is 4.43. The van der Waals surface area contributed by atoms with Crippen molar-refractivity contribution in [3.63, 3.8) is 0 Å². The lowest BCUT2D eigenvalue weighted by atomic mass is 9.92. The standard InChI is InChI=1S/C20H27Cl2FN2O4/c1-27-17-9-14(19(28-2)29-17)11-25-5-3-20(23,4-6-25)12-24-18(26)13-7-15(21)10-16(22)8-13/h7-8,10,14,17,19H,3-6,9,11-12H2,1-2H3,(H,24,26). The third-order valence-electron chi connectivity index (χ3n) is 5.60. The van der Waals surface area contributed by atoms with Gasteiger partial charge in [-0.15, -0.1) is 0 Å². The Kier molecular flexibility index (Phi) is 7.75. The lowest BCUT2D eigenvalue weighted by Crippen LogP contribution is -2.49. The van der Waals surface area contributed by atoms with Crippen LogP contribution in [0.15, 0.2) is 18.2 Å². The normalized spacial score (nSPS) is 27.1. The van der Waals surface area contributed by atoms with E-state index in [1.54, 1.807) is 20.3 Å². The minimum atomic E-state index is -1.43. The molecular weight excluding hydrogens is 422 g/mol. The van der Waals surface area contributed by atoms with Crippen LogP contribution in [0.1, 0.15) is 29.6 Å². The number of hydrogen-bond acceptors (Lipinski definition) is 5. The molecule has 2 fully saturated rings. The predicted molar refractivity (Wildman–Crippen MR) is 109 cm³/mol.